The van der Waals surface area contributed by atoms with Crippen molar-refractivity contribution in [3.05, 3.63) is 11.6 Å². The van der Waals surface area contributed by atoms with E-state index < -0.39 is 5.41 Å². The average molecular weight is 294 g/mol. The van der Waals surface area contributed by atoms with E-state index in [1.165, 1.54) is 18.4 Å². The minimum absolute atomic E-state index is 0.0944. The van der Waals surface area contributed by atoms with Crippen molar-refractivity contribution in [2.75, 3.05) is 6.54 Å². The summed E-state index contributed by atoms with van der Waals surface area (Å²) in [6.45, 7) is 7.93. The number of hydrogen-bond acceptors (Lipinski definition) is 2. The Morgan fingerprint density at radius 3 is 2.57 bits per heavy atom. The Morgan fingerprint density at radius 2 is 2.00 bits per heavy atom. The molecule has 4 nitrogen and oxygen atoms in total. The third kappa shape index (κ3) is 5.52. The quantitative estimate of drug-likeness (QED) is 0.560. The lowest BCUT2D eigenvalue weighted by molar-refractivity contribution is -0.141. The second kappa shape index (κ2) is 8.20. The maximum atomic E-state index is 12.2. The Morgan fingerprint density at radius 1 is 1.29 bits per heavy atom. The van der Waals surface area contributed by atoms with Gasteiger partial charge in [0, 0.05) is 12.6 Å². The average Bonchev–Trinajstić information content (AvgIpc) is 2.47. The van der Waals surface area contributed by atoms with Crippen molar-refractivity contribution in [3.63, 3.8) is 0 Å². The molecular formula is C17H30N2O2. The number of rotatable bonds is 7. The first kappa shape index (κ1) is 17.7. The lowest BCUT2D eigenvalue weighted by atomic mass is 9.90. The van der Waals surface area contributed by atoms with E-state index in [0.29, 0.717) is 6.54 Å². The van der Waals surface area contributed by atoms with Crippen molar-refractivity contribution in [2.24, 2.45) is 5.41 Å². The zero-order valence-electron chi connectivity index (χ0n) is 13.9. The SMILES string of the molecule is CCC(C)NC(=O)C(C)(C)C(=O)NCCC1=CCCCC1. The highest BCUT2D eigenvalue weighted by Crippen LogP contribution is 2.20. The summed E-state index contributed by atoms with van der Waals surface area (Å²) in [5.41, 5.74) is 0.410. The van der Waals surface area contributed by atoms with Crippen molar-refractivity contribution < 1.29 is 9.59 Å². The van der Waals surface area contributed by atoms with Gasteiger partial charge in [-0.15, -0.1) is 0 Å². The third-order valence-corrected chi connectivity index (χ3v) is 4.24. The maximum Gasteiger partial charge on any atom is 0.235 e. The molecule has 1 aliphatic carbocycles. The summed E-state index contributed by atoms with van der Waals surface area (Å²) in [7, 11) is 0. The van der Waals surface area contributed by atoms with Gasteiger partial charge in [0.1, 0.15) is 5.41 Å². The summed E-state index contributed by atoms with van der Waals surface area (Å²) in [6, 6.07) is 0.0944. The fourth-order valence-electron chi connectivity index (χ4n) is 2.30. The van der Waals surface area contributed by atoms with Gasteiger partial charge in [0.15, 0.2) is 0 Å². The molecule has 120 valence electrons. The number of carbonyl (C=O) groups is 2. The van der Waals surface area contributed by atoms with Crippen molar-refractivity contribution in [1.29, 1.82) is 0 Å². The molecule has 1 unspecified atom stereocenters. The van der Waals surface area contributed by atoms with E-state index in [4.69, 9.17) is 0 Å². The van der Waals surface area contributed by atoms with Crippen molar-refractivity contribution in [1.82, 2.24) is 10.6 Å². The monoisotopic (exact) mass is 294 g/mol. The summed E-state index contributed by atoms with van der Waals surface area (Å²) >= 11 is 0. The molecule has 0 aliphatic heterocycles. The smallest absolute Gasteiger partial charge is 0.235 e. The van der Waals surface area contributed by atoms with Crippen LogP contribution in [0.4, 0.5) is 0 Å². The van der Waals surface area contributed by atoms with Gasteiger partial charge >= 0.3 is 0 Å². The highest BCUT2D eigenvalue weighted by molar-refractivity contribution is 6.04. The number of allylic oxidation sites excluding steroid dienone is 1. The standard InChI is InChI=1S/C17H30N2O2/c1-5-13(2)19-16(21)17(3,4)15(20)18-12-11-14-9-7-6-8-10-14/h9,13H,5-8,10-12H2,1-4H3,(H,18,20)(H,19,21). The Hall–Kier alpha value is -1.32. The van der Waals surface area contributed by atoms with E-state index in [0.717, 1.165) is 25.7 Å². The maximum absolute atomic E-state index is 12.2. The minimum Gasteiger partial charge on any atom is -0.355 e. The second-order valence-electron chi connectivity index (χ2n) is 6.52. The lowest BCUT2D eigenvalue weighted by Gasteiger charge is -2.25. The van der Waals surface area contributed by atoms with Crippen molar-refractivity contribution in [2.45, 2.75) is 72.3 Å². The summed E-state index contributed by atoms with van der Waals surface area (Å²) in [4.78, 5) is 24.4. The molecule has 0 bridgehead atoms. The molecular weight excluding hydrogens is 264 g/mol. The van der Waals surface area contributed by atoms with Crippen LogP contribution >= 0.6 is 0 Å². The van der Waals surface area contributed by atoms with Crippen LogP contribution in [0.1, 0.15) is 66.2 Å². The fraction of sp³-hybridized carbons (Fsp3) is 0.765. The van der Waals surface area contributed by atoms with E-state index in [2.05, 4.69) is 16.7 Å². The Labute approximate surface area is 128 Å². The summed E-state index contributed by atoms with van der Waals surface area (Å²) in [5, 5.41) is 5.78. The Balaban J connectivity index is 2.41. The molecule has 1 aliphatic rings. The molecule has 2 N–H and O–H groups in total. The van der Waals surface area contributed by atoms with Crippen LogP contribution in [-0.4, -0.2) is 24.4 Å². The molecule has 4 heteroatoms. The number of nitrogens with one attached hydrogen (secondary N) is 2. The summed E-state index contributed by atoms with van der Waals surface area (Å²) in [6.07, 6.45) is 8.88. The van der Waals surface area contributed by atoms with Gasteiger partial charge in [-0.1, -0.05) is 18.6 Å². The molecule has 0 radical (unpaired) electrons. The summed E-state index contributed by atoms with van der Waals surface area (Å²) in [5.74, 6) is -0.397. The van der Waals surface area contributed by atoms with E-state index in [1.807, 2.05) is 13.8 Å². The van der Waals surface area contributed by atoms with Crippen molar-refractivity contribution in [3.8, 4) is 0 Å². The lowest BCUT2D eigenvalue weighted by Crippen LogP contribution is -2.50. The van der Waals surface area contributed by atoms with E-state index in [-0.39, 0.29) is 17.9 Å². The molecule has 0 saturated carbocycles. The molecule has 0 aromatic carbocycles. The second-order valence-corrected chi connectivity index (χ2v) is 6.52. The molecule has 1 rings (SSSR count). The Kier molecular flexibility index (Phi) is 6.93. The van der Waals surface area contributed by atoms with Crippen LogP contribution in [0, 0.1) is 5.41 Å². The highest BCUT2D eigenvalue weighted by Gasteiger charge is 2.36. The zero-order valence-corrected chi connectivity index (χ0v) is 13.9. The molecule has 21 heavy (non-hydrogen) atoms. The van der Waals surface area contributed by atoms with Crippen LogP contribution < -0.4 is 10.6 Å². The van der Waals surface area contributed by atoms with Crippen LogP contribution in [0.5, 0.6) is 0 Å². The molecule has 0 aromatic rings. The van der Waals surface area contributed by atoms with Gasteiger partial charge in [-0.05, 0) is 59.3 Å². The number of carbonyl (C=O) groups excluding carboxylic acids is 2. The third-order valence-electron chi connectivity index (χ3n) is 4.24. The van der Waals surface area contributed by atoms with Crippen LogP contribution in [0.2, 0.25) is 0 Å². The van der Waals surface area contributed by atoms with Gasteiger partial charge < -0.3 is 10.6 Å². The van der Waals surface area contributed by atoms with Crippen LogP contribution in [0.25, 0.3) is 0 Å². The zero-order chi connectivity index (χ0) is 15.9. The normalized spacial score (nSPS) is 16.9. The molecule has 0 aromatic heterocycles. The van der Waals surface area contributed by atoms with Gasteiger partial charge in [-0.3, -0.25) is 9.59 Å². The first-order valence-corrected chi connectivity index (χ1v) is 8.15. The van der Waals surface area contributed by atoms with E-state index in [9.17, 15) is 9.59 Å². The number of hydrogen-bond donors (Lipinski definition) is 2. The fourth-order valence-corrected chi connectivity index (χ4v) is 2.30. The van der Waals surface area contributed by atoms with Crippen LogP contribution in [-0.2, 0) is 9.59 Å². The van der Waals surface area contributed by atoms with Crippen LogP contribution in [0.15, 0.2) is 11.6 Å². The molecule has 0 fully saturated rings. The Bertz CT molecular complexity index is 400. The van der Waals surface area contributed by atoms with Crippen molar-refractivity contribution >= 4 is 11.8 Å². The van der Waals surface area contributed by atoms with Gasteiger partial charge in [-0.2, -0.15) is 0 Å². The molecule has 0 spiro atoms. The topological polar surface area (TPSA) is 58.2 Å². The minimum atomic E-state index is -1.02. The van der Waals surface area contributed by atoms with Gasteiger partial charge in [0.2, 0.25) is 11.8 Å². The first-order chi connectivity index (χ1) is 9.87. The largest absolute Gasteiger partial charge is 0.355 e. The van der Waals surface area contributed by atoms with Gasteiger partial charge in [0.25, 0.3) is 0 Å². The summed E-state index contributed by atoms with van der Waals surface area (Å²) < 4.78 is 0. The van der Waals surface area contributed by atoms with Crippen LogP contribution in [0.3, 0.4) is 0 Å². The first-order valence-electron chi connectivity index (χ1n) is 8.15. The molecule has 0 saturated heterocycles. The highest BCUT2D eigenvalue weighted by atomic mass is 16.2. The van der Waals surface area contributed by atoms with Gasteiger partial charge in [-0.25, -0.2) is 0 Å². The van der Waals surface area contributed by atoms with Gasteiger partial charge in [0.05, 0.1) is 0 Å². The predicted octanol–water partition coefficient (Wildman–Crippen LogP) is 2.93. The van der Waals surface area contributed by atoms with E-state index in [1.54, 1.807) is 13.8 Å². The predicted molar refractivity (Wildman–Crippen MR) is 85.9 cm³/mol. The number of amides is 2. The molecule has 2 amide bonds. The van der Waals surface area contributed by atoms with E-state index >= 15 is 0 Å². The molecule has 1 atom stereocenters. The molecule has 0 heterocycles.